The number of aliphatic carboxylic acids is 1. The van der Waals surface area contributed by atoms with Crippen LogP contribution < -0.4 is 15.1 Å². The molecule has 1 saturated heterocycles. The van der Waals surface area contributed by atoms with Crippen molar-refractivity contribution in [2.45, 2.75) is 56.7 Å². The fraction of sp³-hybridized carbons (Fsp3) is 0.550. The lowest BCUT2D eigenvalue weighted by molar-refractivity contribution is -0.310. The monoisotopic (exact) mass is 454 g/mol. The Labute approximate surface area is 181 Å². The van der Waals surface area contributed by atoms with Crippen molar-refractivity contribution < 1.29 is 33.0 Å². The third-order valence-electron chi connectivity index (χ3n) is 5.25. The van der Waals surface area contributed by atoms with E-state index in [-0.39, 0.29) is 30.8 Å². The van der Waals surface area contributed by atoms with Crippen LogP contribution in [0.15, 0.2) is 29.2 Å². The summed E-state index contributed by atoms with van der Waals surface area (Å²) in [7, 11) is -3.86. The van der Waals surface area contributed by atoms with Crippen LogP contribution in [0.1, 0.15) is 32.3 Å². The Morgan fingerprint density at radius 3 is 2.16 bits per heavy atom. The van der Waals surface area contributed by atoms with Gasteiger partial charge in [0.2, 0.25) is 21.8 Å². The normalized spacial score (nSPS) is 18.1. The van der Waals surface area contributed by atoms with Crippen LogP contribution in [0.5, 0.6) is 0 Å². The standard InChI is InChI=1S/C20H29N3O7S/c1-12-4-6-16(7-5-12)31(29,30)22-13(2)19(26)23-10-8-15(9-11-23)18(25)21-17(14(3)24)20(27)28/h4-7,13-15,17,22,24H,8-11H2,1-3H3,(H,21,25)(H,27,28)/p-1/t13-,14-,17-/m0/s1. The molecule has 1 aromatic rings. The first-order valence-electron chi connectivity index (χ1n) is 9.99. The van der Waals surface area contributed by atoms with Gasteiger partial charge in [0.15, 0.2) is 0 Å². The van der Waals surface area contributed by atoms with E-state index < -0.39 is 51.9 Å². The van der Waals surface area contributed by atoms with Crippen molar-refractivity contribution in [3.8, 4) is 0 Å². The first kappa shape index (κ1) is 24.8. The average Bonchev–Trinajstić information content (AvgIpc) is 2.70. The molecule has 1 aliphatic heterocycles. The molecular formula is C20H28N3O7S-. The Kier molecular flexibility index (Phi) is 8.15. The Morgan fingerprint density at radius 1 is 1.13 bits per heavy atom. The molecule has 0 spiro atoms. The molecular weight excluding hydrogens is 426 g/mol. The molecule has 1 aliphatic rings. The summed E-state index contributed by atoms with van der Waals surface area (Å²) in [5, 5.41) is 22.7. The van der Waals surface area contributed by atoms with E-state index in [1.54, 1.807) is 12.1 Å². The van der Waals surface area contributed by atoms with E-state index in [0.717, 1.165) is 5.56 Å². The van der Waals surface area contributed by atoms with Crippen LogP contribution in [-0.2, 0) is 24.4 Å². The fourth-order valence-electron chi connectivity index (χ4n) is 3.35. The molecule has 1 fully saturated rings. The summed E-state index contributed by atoms with van der Waals surface area (Å²) in [4.78, 5) is 37.5. The molecule has 1 aromatic carbocycles. The van der Waals surface area contributed by atoms with Gasteiger partial charge in [-0.3, -0.25) is 9.59 Å². The minimum Gasteiger partial charge on any atom is -0.548 e. The number of likely N-dealkylation sites (tertiary alicyclic amines) is 1. The summed E-state index contributed by atoms with van der Waals surface area (Å²) in [6, 6.07) is 3.76. The summed E-state index contributed by atoms with van der Waals surface area (Å²) in [5.41, 5.74) is 0.911. The second-order valence-electron chi connectivity index (χ2n) is 7.80. The van der Waals surface area contributed by atoms with Crippen LogP contribution in [0.25, 0.3) is 0 Å². The molecule has 0 aliphatic carbocycles. The molecule has 31 heavy (non-hydrogen) atoms. The number of carboxylic acids is 1. The lowest BCUT2D eigenvalue weighted by atomic mass is 9.95. The van der Waals surface area contributed by atoms with E-state index in [1.165, 1.54) is 30.9 Å². The lowest BCUT2D eigenvalue weighted by Gasteiger charge is -2.34. The second-order valence-corrected chi connectivity index (χ2v) is 9.52. The summed E-state index contributed by atoms with van der Waals surface area (Å²) in [6.07, 6.45) is -0.735. The summed E-state index contributed by atoms with van der Waals surface area (Å²) < 4.78 is 27.3. The number of piperidine rings is 1. The first-order chi connectivity index (χ1) is 14.4. The van der Waals surface area contributed by atoms with Crippen LogP contribution >= 0.6 is 0 Å². The van der Waals surface area contributed by atoms with Gasteiger partial charge in [0.25, 0.3) is 0 Å². The number of rotatable bonds is 8. The molecule has 172 valence electrons. The van der Waals surface area contributed by atoms with Crippen LogP contribution in [0, 0.1) is 12.8 Å². The van der Waals surface area contributed by atoms with E-state index in [9.17, 15) is 33.0 Å². The highest BCUT2D eigenvalue weighted by molar-refractivity contribution is 7.89. The fourth-order valence-corrected chi connectivity index (χ4v) is 4.55. The predicted octanol–water partition coefficient (Wildman–Crippen LogP) is -1.48. The van der Waals surface area contributed by atoms with Crippen molar-refractivity contribution in [2.75, 3.05) is 13.1 Å². The van der Waals surface area contributed by atoms with Crippen molar-refractivity contribution >= 4 is 27.8 Å². The molecule has 3 N–H and O–H groups in total. The quantitative estimate of drug-likeness (QED) is 0.432. The highest BCUT2D eigenvalue weighted by Gasteiger charge is 2.32. The molecule has 11 heteroatoms. The van der Waals surface area contributed by atoms with Crippen molar-refractivity contribution in [3.05, 3.63) is 29.8 Å². The zero-order chi connectivity index (χ0) is 23.3. The number of nitrogens with zero attached hydrogens (tertiary/aromatic N) is 1. The molecule has 0 radical (unpaired) electrons. The van der Waals surface area contributed by atoms with E-state index in [0.29, 0.717) is 0 Å². The molecule has 2 rings (SSSR count). The molecule has 0 aromatic heterocycles. The van der Waals surface area contributed by atoms with Gasteiger partial charge in [-0.2, -0.15) is 4.72 Å². The highest BCUT2D eigenvalue weighted by Crippen LogP contribution is 2.19. The number of amides is 2. The Balaban J connectivity index is 1.91. The number of carboxylic acid groups (broad SMARTS) is 1. The van der Waals surface area contributed by atoms with E-state index in [2.05, 4.69) is 10.0 Å². The third-order valence-corrected chi connectivity index (χ3v) is 6.80. The maximum absolute atomic E-state index is 12.7. The van der Waals surface area contributed by atoms with E-state index in [4.69, 9.17) is 0 Å². The van der Waals surface area contributed by atoms with Crippen LogP contribution in [0.4, 0.5) is 0 Å². The number of hydrogen-bond donors (Lipinski definition) is 3. The third kappa shape index (κ3) is 6.49. The number of aliphatic hydroxyl groups excluding tert-OH is 1. The maximum atomic E-state index is 12.7. The van der Waals surface area contributed by atoms with Gasteiger partial charge < -0.3 is 25.2 Å². The van der Waals surface area contributed by atoms with E-state index in [1.807, 2.05) is 6.92 Å². The van der Waals surface area contributed by atoms with Crippen molar-refractivity contribution in [3.63, 3.8) is 0 Å². The zero-order valence-corrected chi connectivity index (χ0v) is 18.5. The van der Waals surface area contributed by atoms with Gasteiger partial charge in [0, 0.05) is 19.0 Å². The molecule has 0 bridgehead atoms. The lowest BCUT2D eigenvalue weighted by Crippen LogP contribution is -2.56. The van der Waals surface area contributed by atoms with Gasteiger partial charge in [-0.15, -0.1) is 0 Å². The minimum atomic E-state index is -3.86. The highest BCUT2D eigenvalue weighted by atomic mass is 32.2. The number of carbonyl (C=O) groups excluding carboxylic acids is 3. The Hall–Kier alpha value is -2.50. The number of carbonyl (C=O) groups is 3. The van der Waals surface area contributed by atoms with Gasteiger partial charge in [-0.25, -0.2) is 8.42 Å². The minimum absolute atomic E-state index is 0.0636. The van der Waals surface area contributed by atoms with Crippen LogP contribution in [-0.4, -0.2) is 67.5 Å². The topological polar surface area (TPSA) is 156 Å². The van der Waals surface area contributed by atoms with Crippen LogP contribution in [0.3, 0.4) is 0 Å². The van der Waals surface area contributed by atoms with E-state index >= 15 is 0 Å². The van der Waals surface area contributed by atoms with Gasteiger partial charge in [0.05, 0.1) is 29.1 Å². The number of aliphatic hydroxyl groups is 1. The maximum Gasteiger partial charge on any atom is 0.241 e. The van der Waals surface area contributed by atoms with Crippen molar-refractivity contribution in [2.24, 2.45) is 5.92 Å². The number of benzene rings is 1. The van der Waals surface area contributed by atoms with Gasteiger partial charge >= 0.3 is 0 Å². The largest absolute Gasteiger partial charge is 0.548 e. The Bertz CT molecular complexity index is 907. The number of aryl methyl sites for hydroxylation is 1. The van der Waals surface area contributed by atoms with Gasteiger partial charge in [-0.05, 0) is 45.7 Å². The summed E-state index contributed by atoms with van der Waals surface area (Å²) >= 11 is 0. The first-order valence-corrected chi connectivity index (χ1v) is 11.5. The van der Waals surface area contributed by atoms with Crippen LogP contribution in [0.2, 0.25) is 0 Å². The molecule has 1 heterocycles. The Morgan fingerprint density at radius 2 is 1.68 bits per heavy atom. The smallest absolute Gasteiger partial charge is 0.241 e. The van der Waals surface area contributed by atoms with Gasteiger partial charge in [-0.1, -0.05) is 17.7 Å². The molecule has 0 unspecified atom stereocenters. The predicted molar refractivity (Wildman–Crippen MR) is 109 cm³/mol. The zero-order valence-electron chi connectivity index (χ0n) is 17.7. The van der Waals surface area contributed by atoms with Crippen molar-refractivity contribution in [1.82, 2.24) is 14.9 Å². The second kappa shape index (κ2) is 10.2. The molecule has 10 nitrogen and oxygen atoms in total. The van der Waals surface area contributed by atoms with Gasteiger partial charge in [0.1, 0.15) is 0 Å². The van der Waals surface area contributed by atoms with Crippen molar-refractivity contribution in [1.29, 1.82) is 0 Å². The molecule has 3 atom stereocenters. The molecule has 2 amide bonds. The average molecular weight is 455 g/mol. The number of hydrogen-bond acceptors (Lipinski definition) is 7. The summed E-state index contributed by atoms with van der Waals surface area (Å²) in [6.45, 7) is 4.97. The summed E-state index contributed by atoms with van der Waals surface area (Å²) in [5.74, 6) is -3.05. The SMILES string of the molecule is Cc1ccc(S(=O)(=O)N[C@@H](C)C(=O)N2CCC(C(=O)N[C@H](C(=O)[O-])[C@H](C)O)CC2)cc1. The number of nitrogens with one attached hydrogen (secondary N) is 2. The number of sulfonamides is 1. The molecule has 0 saturated carbocycles.